The molecule has 0 spiro atoms. The van der Waals surface area contributed by atoms with Crippen molar-refractivity contribution in [2.24, 2.45) is 0 Å². The number of amides is 1. The number of carbonyl (C=O) groups excluding carboxylic acids is 1. The van der Waals surface area contributed by atoms with Crippen molar-refractivity contribution in [1.82, 2.24) is 19.7 Å². The Labute approximate surface area is 181 Å². The van der Waals surface area contributed by atoms with Crippen LogP contribution in [0.25, 0.3) is 5.69 Å². The lowest BCUT2D eigenvalue weighted by molar-refractivity contribution is 0.0849. The Hall–Kier alpha value is -3.66. The van der Waals surface area contributed by atoms with Crippen LogP contribution in [0.3, 0.4) is 0 Å². The van der Waals surface area contributed by atoms with Gasteiger partial charge in [-0.25, -0.2) is 13.6 Å². The molecule has 1 fully saturated rings. The van der Waals surface area contributed by atoms with Crippen LogP contribution < -0.4 is 16.6 Å². The Kier molecular flexibility index (Phi) is 6.22. The molecule has 0 aliphatic carbocycles. The number of nitrogens with zero attached hydrogens (tertiary/aromatic N) is 3. The number of hydrogen-bond donors (Lipinski definition) is 1. The second kappa shape index (κ2) is 9.23. The summed E-state index contributed by atoms with van der Waals surface area (Å²) >= 11 is 0. The van der Waals surface area contributed by atoms with Gasteiger partial charge in [0.1, 0.15) is 17.3 Å². The highest BCUT2D eigenvalue weighted by Gasteiger charge is 2.23. The summed E-state index contributed by atoms with van der Waals surface area (Å²) < 4.78 is 34.6. The first kappa shape index (κ1) is 21.6. The molecule has 2 aromatic carbocycles. The SMILES string of the molecule is O=C(NC[C@H]1CCCO1)c1nn(-c2ccccc2F)c(=O)n(Cc2ccc(F)cc2)c1=O. The van der Waals surface area contributed by atoms with E-state index >= 15 is 0 Å². The number of carbonyl (C=O) groups is 1. The molecule has 0 unspecified atom stereocenters. The zero-order chi connectivity index (χ0) is 22.7. The van der Waals surface area contributed by atoms with Crippen LogP contribution in [0, 0.1) is 11.6 Å². The van der Waals surface area contributed by atoms with Crippen molar-refractivity contribution in [1.29, 1.82) is 0 Å². The second-order valence-electron chi connectivity index (χ2n) is 7.36. The maximum atomic E-state index is 14.4. The summed E-state index contributed by atoms with van der Waals surface area (Å²) in [5.41, 5.74) is -2.19. The van der Waals surface area contributed by atoms with Gasteiger partial charge >= 0.3 is 5.69 Å². The summed E-state index contributed by atoms with van der Waals surface area (Å²) in [6.07, 6.45) is 1.48. The lowest BCUT2D eigenvalue weighted by Gasteiger charge is -2.14. The van der Waals surface area contributed by atoms with E-state index in [-0.39, 0.29) is 24.9 Å². The normalized spacial score (nSPS) is 15.6. The van der Waals surface area contributed by atoms with Gasteiger partial charge < -0.3 is 10.1 Å². The fraction of sp³-hybridized carbons (Fsp3) is 0.273. The zero-order valence-electron chi connectivity index (χ0n) is 17.0. The molecule has 1 aliphatic rings. The van der Waals surface area contributed by atoms with E-state index in [0.29, 0.717) is 16.9 Å². The smallest absolute Gasteiger partial charge is 0.352 e. The van der Waals surface area contributed by atoms with Gasteiger partial charge in [0.25, 0.3) is 11.5 Å². The van der Waals surface area contributed by atoms with Crippen LogP contribution in [0.1, 0.15) is 28.9 Å². The standard InChI is InChI=1S/C22H20F2N4O4/c23-15-9-7-14(8-10-15)13-27-21(30)19(20(29)25-12-16-4-3-11-32-16)26-28(22(27)31)18-6-2-1-5-17(18)24/h1-2,5-10,16H,3-4,11-13H2,(H,25,29)/t16-/m1/s1. The topological polar surface area (TPSA) is 95.2 Å². The Morgan fingerprint density at radius 2 is 1.88 bits per heavy atom. The van der Waals surface area contributed by atoms with Crippen molar-refractivity contribution < 1.29 is 18.3 Å². The van der Waals surface area contributed by atoms with Crippen molar-refractivity contribution >= 4 is 5.91 Å². The molecule has 10 heteroatoms. The number of benzene rings is 2. The molecule has 0 saturated carbocycles. The van der Waals surface area contributed by atoms with Crippen molar-refractivity contribution in [2.45, 2.75) is 25.5 Å². The number of aromatic nitrogens is 3. The van der Waals surface area contributed by atoms with Gasteiger partial charge in [0.15, 0.2) is 0 Å². The average molecular weight is 442 g/mol. The minimum Gasteiger partial charge on any atom is -0.376 e. The number of hydrogen-bond acceptors (Lipinski definition) is 5. The minimum absolute atomic E-state index is 0.169. The summed E-state index contributed by atoms with van der Waals surface area (Å²) in [7, 11) is 0. The van der Waals surface area contributed by atoms with E-state index in [0.717, 1.165) is 23.5 Å². The van der Waals surface area contributed by atoms with Crippen LogP contribution in [0.4, 0.5) is 8.78 Å². The Bertz CT molecular complexity index is 1250. The van der Waals surface area contributed by atoms with Crippen LogP contribution in [0.2, 0.25) is 0 Å². The number of nitrogens with one attached hydrogen (secondary N) is 1. The maximum Gasteiger partial charge on any atom is 0.352 e. The molecule has 1 aromatic heterocycles. The van der Waals surface area contributed by atoms with Gasteiger partial charge in [-0.15, -0.1) is 0 Å². The van der Waals surface area contributed by atoms with Crippen LogP contribution in [0.5, 0.6) is 0 Å². The largest absolute Gasteiger partial charge is 0.376 e. The predicted molar refractivity (Wildman–Crippen MR) is 111 cm³/mol. The highest BCUT2D eigenvalue weighted by atomic mass is 19.1. The number of rotatable bonds is 6. The van der Waals surface area contributed by atoms with Gasteiger partial charge in [-0.05, 0) is 42.7 Å². The third-order valence-electron chi connectivity index (χ3n) is 5.12. The van der Waals surface area contributed by atoms with Crippen molar-refractivity contribution in [3.05, 3.63) is 92.3 Å². The molecule has 1 saturated heterocycles. The third-order valence-corrected chi connectivity index (χ3v) is 5.12. The molecule has 1 aliphatic heterocycles. The van der Waals surface area contributed by atoms with Gasteiger partial charge in [-0.2, -0.15) is 9.78 Å². The van der Waals surface area contributed by atoms with Gasteiger partial charge in [0.2, 0.25) is 5.69 Å². The molecular formula is C22H20F2N4O4. The van der Waals surface area contributed by atoms with E-state index in [1.165, 1.54) is 42.5 Å². The lowest BCUT2D eigenvalue weighted by Crippen LogP contribution is -2.46. The molecule has 1 amide bonds. The van der Waals surface area contributed by atoms with E-state index in [2.05, 4.69) is 10.4 Å². The molecule has 2 heterocycles. The maximum absolute atomic E-state index is 14.4. The highest BCUT2D eigenvalue weighted by molar-refractivity contribution is 5.91. The van der Waals surface area contributed by atoms with E-state index in [9.17, 15) is 23.2 Å². The second-order valence-corrected chi connectivity index (χ2v) is 7.36. The van der Waals surface area contributed by atoms with Gasteiger partial charge in [-0.1, -0.05) is 24.3 Å². The zero-order valence-corrected chi connectivity index (χ0v) is 17.0. The summed E-state index contributed by atoms with van der Waals surface area (Å²) in [4.78, 5) is 38.8. The van der Waals surface area contributed by atoms with Gasteiger partial charge in [0, 0.05) is 13.2 Å². The Morgan fingerprint density at radius 1 is 1.12 bits per heavy atom. The van der Waals surface area contributed by atoms with E-state index in [1.54, 1.807) is 0 Å². The quantitative estimate of drug-likeness (QED) is 0.626. The Morgan fingerprint density at radius 3 is 2.56 bits per heavy atom. The van der Waals surface area contributed by atoms with Crippen molar-refractivity contribution in [3.8, 4) is 5.69 Å². The van der Waals surface area contributed by atoms with E-state index in [1.807, 2.05) is 0 Å². The molecule has 8 nitrogen and oxygen atoms in total. The van der Waals surface area contributed by atoms with Crippen molar-refractivity contribution in [2.75, 3.05) is 13.2 Å². The molecule has 0 radical (unpaired) electrons. The highest BCUT2D eigenvalue weighted by Crippen LogP contribution is 2.11. The first-order valence-electron chi connectivity index (χ1n) is 10.1. The molecule has 32 heavy (non-hydrogen) atoms. The third kappa shape index (κ3) is 4.50. The van der Waals surface area contributed by atoms with Crippen LogP contribution in [-0.4, -0.2) is 39.5 Å². The van der Waals surface area contributed by atoms with Crippen LogP contribution in [0.15, 0.2) is 58.1 Å². The predicted octanol–water partition coefficient (Wildman–Crippen LogP) is 1.63. The summed E-state index contributed by atoms with van der Waals surface area (Å²) in [5.74, 6) is -2.03. The summed E-state index contributed by atoms with van der Waals surface area (Å²) in [6.45, 7) is 0.527. The molecular weight excluding hydrogens is 422 g/mol. The molecule has 1 atom stereocenters. The number of ether oxygens (including phenoxy) is 1. The fourth-order valence-corrected chi connectivity index (χ4v) is 3.44. The van der Waals surface area contributed by atoms with E-state index < -0.39 is 34.5 Å². The van der Waals surface area contributed by atoms with Crippen LogP contribution in [-0.2, 0) is 11.3 Å². The molecule has 3 aromatic rings. The van der Waals surface area contributed by atoms with Gasteiger partial charge in [0.05, 0.1) is 12.6 Å². The Balaban J connectivity index is 1.77. The van der Waals surface area contributed by atoms with Gasteiger partial charge in [-0.3, -0.25) is 14.2 Å². The summed E-state index contributed by atoms with van der Waals surface area (Å²) in [5, 5.41) is 6.48. The molecule has 166 valence electrons. The molecule has 0 bridgehead atoms. The number of para-hydroxylation sites is 1. The first-order chi connectivity index (χ1) is 15.4. The summed E-state index contributed by atoms with van der Waals surface area (Å²) in [6, 6.07) is 10.6. The minimum atomic E-state index is -0.934. The monoisotopic (exact) mass is 442 g/mol. The van der Waals surface area contributed by atoms with Crippen molar-refractivity contribution in [3.63, 3.8) is 0 Å². The number of halogens is 2. The fourth-order valence-electron chi connectivity index (χ4n) is 3.44. The lowest BCUT2D eigenvalue weighted by atomic mass is 10.2. The molecule has 1 N–H and O–H groups in total. The van der Waals surface area contributed by atoms with Crippen LogP contribution >= 0.6 is 0 Å². The molecule has 4 rings (SSSR count). The van der Waals surface area contributed by atoms with E-state index in [4.69, 9.17) is 4.74 Å². The average Bonchev–Trinajstić information content (AvgIpc) is 3.31. The first-order valence-corrected chi connectivity index (χ1v) is 10.1.